The van der Waals surface area contributed by atoms with Crippen LogP contribution in [0.15, 0.2) is 16.7 Å². The molecule has 2 aromatic rings. The van der Waals surface area contributed by atoms with E-state index >= 15 is 0 Å². The zero-order valence-electron chi connectivity index (χ0n) is 10.1. The molecule has 0 saturated carbocycles. The highest BCUT2D eigenvalue weighted by Gasteiger charge is 2.15. The van der Waals surface area contributed by atoms with Crippen LogP contribution in [0.4, 0.5) is 0 Å². The predicted octanol–water partition coefficient (Wildman–Crippen LogP) is 3.16. The lowest BCUT2D eigenvalue weighted by Gasteiger charge is -2.02. The van der Waals surface area contributed by atoms with Crippen LogP contribution in [0.5, 0.6) is 0 Å². The van der Waals surface area contributed by atoms with Gasteiger partial charge in [0.25, 0.3) is 5.89 Å². The molecule has 0 aromatic carbocycles. The predicted molar refractivity (Wildman–Crippen MR) is 68.8 cm³/mol. The van der Waals surface area contributed by atoms with E-state index in [1.807, 2.05) is 6.07 Å². The van der Waals surface area contributed by atoms with Gasteiger partial charge in [-0.15, -0.1) is 11.3 Å². The molecular weight excluding hydrogens is 234 g/mol. The standard InChI is InChI=1S/C12H17N3OS/c1-3-5-9(13)11-14-12(16-15-11)10-7-6-8(4-2)17-10/h6-7,9H,3-5,13H2,1-2H3. The quantitative estimate of drug-likeness (QED) is 0.886. The fourth-order valence-electron chi connectivity index (χ4n) is 1.61. The number of hydrogen-bond donors (Lipinski definition) is 1. The maximum atomic E-state index is 5.95. The van der Waals surface area contributed by atoms with Crippen molar-refractivity contribution in [1.82, 2.24) is 10.1 Å². The Bertz CT molecular complexity index is 478. The van der Waals surface area contributed by atoms with Gasteiger partial charge in [0.1, 0.15) is 0 Å². The Morgan fingerprint density at radius 1 is 1.41 bits per heavy atom. The van der Waals surface area contributed by atoms with Gasteiger partial charge in [-0.2, -0.15) is 4.98 Å². The maximum Gasteiger partial charge on any atom is 0.268 e. The van der Waals surface area contributed by atoms with Gasteiger partial charge >= 0.3 is 0 Å². The monoisotopic (exact) mass is 251 g/mol. The normalized spacial score (nSPS) is 12.9. The van der Waals surface area contributed by atoms with E-state index in [1.165, 1.54) is 4.88 Å². The van der Waals surface area contributed by atoms with Crippen LogP contribution in [0, 0.1) is 0 Å². The lowest BCUT2D eigenvalue weighted by atomic mass is 10.2. The lowest BCUT2D eigenvalue weighted by molar-refractivity contribution is 0.414. The molecule has 2 heterocycles. The lowest BCUT2D eigenvalue weighted by Crippen LogP contribution is -2.11. The van der Waals surface area contributed by atoms with Crippen molar-refractivity contribution in [2.45, 2.75) is 39.2 Å². The molecule has 4 nitrogen and oxygen atoms in total. The summed E-state index contributed by atoms with van der Waals surface area (Å²) in [6, 6.07) is 3.99. The van der Waals surface area contributed by atoms with Crippen LogP contribution in [0.25, 0.3) is 10.8 Å². The van der Waals surface area contributed by atoms with Gasteiger partial charge < -0.3 is 10.3 Å². The van der Waals surface area contributed by atoms with Gasteiger partial charge in [-0.3, -0.25) is 0 Å². The summed E-state index contributed by atoms with van der Waals surface area (Å²) in [5.74, 6) is 1.18. The molecule has 17 heavy (non-hydrogen) atoms. The Balaban J connectivity index is 2.17. The number of aryl methyl sites for hydroxylation is 1. The maximum absolute atomic E-state index is 5.95. The van der Waals surface area contributed by atoms with Crippen LogP contribution < -0.4 is 5.73 Å². The van der Waals surface area contributed by atoms with Crippen molar-refractivity contribution in [3.05, 3.63) is 22.8 Å². The second-order valence-electron chi connectivity index (χ2n) is 3.97. The molecule has 0 fully saturated rings. The average Bonchev–Trinajstić information content (AvgIpc) is 2.98. The molecule has 0 spiro atoms. The van der Waals surface area contributed by atoms with Crippen molar-refractivity contribution < 1.29 is 4.52 Å². The van der Waals surface area contributed by atoms with E-state index in [4.69, 9.17) is 10.3 Å². The summed E-state index contributed by atoms with van der Waals surface area (Å²) >= 11 is 1.69. The van der Waals surface area contributed by atoms with Crippen molar-refractivity contribution in [2.24, 2.45) is 5.73 Å². The van der Waals surface area contributed by atoms with Crippen LogP contribution in [-0.4, -0.2) is 10.1 Å². The average molecular weight is 251 g/mol. The molecule has 0 saturated heterocycles. The topological polar surface area (TPSA) is 64.9 Å². The second kappa shape index (κ2) is 5.42. The van der Waals surface area contributed by atoms with Crippen molar-refractivity contribution in [3.8, 4) is 10.8 Å². The zero-order chi connectivity index (χ0) is 12.3. The van der Waals surface area contributed by atoms with E-state index < -0.39 is 0 Å². The minimum atomic E-state index is -0.122. The first-order chi connectivity index (χ1) is 8.24. The Kier molecular flexibility index (Phi) is 3.91. The SMILES string of the molecule is CCCC(N)c1noc(-c2ccc(CC)s2)n1. The van der Waals surface area contributed by atoms with E-state index in [0.29, 0.717) is 11.7 Å². The molecule has 5 heteroatoms. The number of nitrogens with two attached hydrogens (primary N) is 1. The van der Waals surface area contributed by atoms with E-state index in [1.54, 1.807) is 11.3 Å². The second-order valence-corrected chi connectivity index (χ2v) is 5.14. The Hall–Kier alpha value is -1.20. The first-order valence-electron chi connectivity index (χ1n) is 5.92. The van der Waals surface area contributed by atoms with Gasteiger partial charge in [0, 0.05) is 4.88 Å². The summed E-state index contributed by atoms with van der Waals surface area (Å²) < 4.78 is 5.25. The molecular formula is C12H17N3OS. The van der Waals surface area contributed by atoms with Gasteiger partial charge in [0.2, 0.25) is 0 Å². The first-order valence-corrected chi connectivity index (χ1v) is 6.74. The van der Waals surface area contributed by atoms with Crippen LogP contribution in [-0.2, 0) is 6.42 Å². The van der Waals surface area contributed by atoms with Crippen molar-refractivity contribution in [2.75, 3.05) is 0 Å². The van der Waals surface area contributed by atoms with Crippen molar-refractivity contribution in [3.63, 3.8) is 0 Å². The summed E-state index contributed by atoms with van der Waals surface area (Å²) in [6.45, 7) is 4.22. The van der Waals surface area contributed by atoms with E-state index in [9.17, 15) is 0 Å². The number of nitrogens with zero attached hydrogens (tertiary/aromatic N) is 2. The number of aromatic nitrogens is 2. The van der Waals surface area contributed by atoms with Gasteiger partial charge in [-0.05, 0) is 25.0 Å². The van der Waals surface area contributed by atoms with Crippen molar-refractivity contribution >= 4 is 11.3 Å². The highest BCUT2D eigenvalue weighted by Crippen LogP contribution is 2.27. The van der Waals surface area contributed by atoms with Crippen LogP contribution in [0.2, 0.25) is 0 Å². The minimum absolute atomic E-state index is 0.122. The summed E-state index contributed by atoms with van der Waals surface area (Å²) in [5, 5.41) is 3.94. The molecule has 1 atom stereocenters. The molecule has 2 N–H and O–H groups in total. The molecule has 2 aromatic heterocycles. The zero-order valence-corrected chi connectivity index (χ0v) is 11.0. The van der Waals surface area contributed by atoms with Gasteiger partial charge in [-0.25, -0.2) is 0 Å². The summed E-state index contributed by atoms with van der Waals surface area (Å²) in [4.78, 5) is 6.69. The van der Waals surface area contributed by atoms with E-state index in [-0.39, 0.29) is 6.04 Å². The van der Waals surface area contributed by atoms with Crippen LogP contribution >= 0.6 is 11.3 Å². The third-order valence-corrected chi connectivity index (χ3v) is 3.81. The molecule has 0 aliphatic rings. The van der Waals surface area contributed by atoms with E-state index in [2.05, 4.69) is 30.1 Å². The molecule has 1 unspecified atom stereocenters. The van der Waals surface area contributed by atoms with Gasteiger partial charge in [0.05, 0.1) is 10.9 Å². The van der Waals surface area contributed by atoms with Crippen LogP contribution in [0.1, 0.15) is 43.4 Å². The van der Waals surface area contributed by atoms with Gasteiger partial charge in [0.15, 0.2) is 5.82 Å². The highest BCUT2D eigenvalue weighted by atomic mass is 32.1. The largest absolute Gasteiger partial charge is 0.333 e. The highest BCUT2D eigenvalue weighted by molar-refractivity contribution is 7.15. The summed E-state index contributed by atoms with van der Waals surface area (Å²) in [6.07, 6.45) is 2.93. The summed E-state index contributed by atoms with van der Waals surface area (Å²) in [5.41, 5.74) is 5.95. The van der Waals surface area contributed by atoms with Crippen LogP contribution in [0.3, 0.4) is 0 Å². The fourth-order valence-corrected chi connectivity index (χ4v) is 2.48. The van der Waals surface area contributed by atoms with Crippen molar-refractivity contribution in [1.29, 1.82) is 0 Å². The summed E-state index contributed by atoms with van der Waals surface area (Å²) in [7, 11) is 0. The molecule has 0 aliphatic heterocycles. The fraction of sp³-hybridized carbons (Fsp3) is 0.500. The Labute approximate surface area is 105 Å². The van der Waals surface area contributed by atoms with Gasteiger partial charge in [-0.1, -0.05) is 25.4 Å². The number of rotatable bonds is 5. The first kappa shape index (κ1) is 12.3. The molecule has 0 bridgehead atoms. The smallest absolute Gasteiger partial charge is 0.268 e. The number of thiophene rings is 1. The third-order valence-electron chi connectivity index (χ3n) is 2.59. The molecule has 0 amide bonds. The minimum Gasteiger partial charge on any atom is -0.333 e. The molecule has 2 rings (SSSR count). The third kappa shape index (κ3) is 2.73. The Morgan fingerprint density at radius 2 is 2.24 bits per heavy atom. The molecule has 0 aliphatic carbocycles. The molecule has 92 valence electrons. The van der Waals surface area contributed by atoms with E-state index in [0.717, 1.165) is 24.1 Å². The molecule has 0 radical (unpaired) electrons. The Morgan fingerprint density at radius 3 is 2.88 bits per heavy atom. The number of hydrogen-bond acceptors (Lipinski definition) is 5.